The van der Waals surface area contributed by atoms with E-state index in [1.165, 1.54) is 76.5 Å². The van der Waals surface area contributed by atoms with Gasteiger partial charge in [0.05, 0.1) is 22.7 Å². The molecule has 27 aromatic rings. The lowest BCUT2D eigenvalue weighted by Crippen LogP contribution is -2.11. The highest BCUT2D eigenvalue weighted by molar-refractivity contribution is 6.16. The molecule has 0 aliphatic rings. The van der Waals surface area contributed by atoms with Crippen molar-refractivity contribution in [2.75, 3.05) is 19.6 Å². The number of hydrogen-bond acceptors (Lipinski definition) is 7. The van der Waals surface area contributed by atoms with E-state index in [-0.39, 0.29) is 0 Å². The summed E-state index contributed by atoms with van der Waals surface area (Å²) in [6.45, 7) is 0. The molecule has 143 heavy (non-hydrogen) atoms. The average molecular weight is 1830 g/mol. The quantitative estimate of drug-likeness (QED) is 0.0900. The first-order chi connectivity index (χ1) is 70.9. The molecule has 676 valence electrons. The van der Waals surface area contributed by atoms with E-state index in [0.29, 0.717) is 0 Å². The van der Waals surface area contributed by atoms with Gasteiger partial charge in [-0.1, -0.05) is 376 Å². The van der Waals surface area contributed by atoms with E-state index in [1.807, 2.05) is 36.4 Å². The number of benzene rings is 24. The lowest BCUT2D eigenvalue weighted by Gasteiger charge is -2.29. The Hall–Kier alpha value is -19.1. The van der Waals surface area contributed by atoms with Gasteiger partial charge in [0.2, 0.25) is 0 Å². The summed E-state index contributed by atoms with van der Waals surface area (Å²) < 4.78 is 18.6. The van der Waals surface area contributed by atoms with Gasteiger partial charge in [0.15, 0.2) is 0 Å². The van der Waals surface area contributed by atoms with Crippen molar-refractivity contribution in [1.82, 2.24) is 0 Å². The zero-order valence-corrected chi connectivity index (χ0v) is 78.3. The highest BCUT2D eigenvalue weighted by Gasteiger charge is 2.27. The Balaban J connectivity index is 0.000000103. The van der Waals surface area contributed by atoms with E-state index in [4.69, 9.17) is 13.3 Å². The minimum Gasteiger partial charge on any atom is -0.456 e. The van der Waals surface area contributed by atoms with Gasteiger partial charge in [0, 0.05) is 100 Å². The van der Waals surface area contributed by atoms with Gasteiger partial charge in [0.25, 0.3) is 0 Å². The van der Waals surface area contributed by atoms with Gasteiger partial charge < -0.3 is 32.9 Å². The number of furan rings is 3. The fourth-order valence-corrected chi connectivity index (χ4v) is 20.2. The first-order valence-corrected chi connectivity index (χ1v) is 48.6. The van der Waals surface area contributed by atoms with Gasteiger partial charge >= 0.3 is 0 Å². The molecule has 0 spiro atoms. The zero-order valence-electron chi connectivity index (χ0n) is 78.3. The Morgan fingerprint density at radius 2 is 0.364 bits per heavy atom. The molecule has 0 amide bonds. The molecular formula is C136H94N4O3. The predicted molar refractivity (Wildman–Crippen MR) is 604 cm³/mol. The van der Waals surface area contributed by atoms with Gasteiger partial charge in [-0.05, 0) is 271 Å². The van der Waals surface area contributed by atoms with Crippen LogP contribution >= 0.6 is 0 Å². The third-order valence-corrected chi connectivity index (χ3v) is 26.9. The molecule has 0 unspecified atom stereocenters. The zero-order chi connectivity index (χ0) is 95.1. The molecule has 0 aliphatic heterocycles. The van der Waals surface area contributed by atoms with Crippen molar-refractivity contribution in [2.24, 2.45) is 0 Å². The van der Waals surface area contributed by atoms with Crippen LogP contribution in [-0.2, 0) is 0 Å². The highest BCUT2D eigenvalue weighted by atomic mass is 16.3. The number of rotatable bonds is 17. The Morgan fingerprint density at radius 3 is 0.755 bits per heavy atom. The molecule has 0 N–H and O–H groups in total. The minimum atomic E-state index is 0.902. The molecular weight excluding hydrogens is 1740 g/mol. The maximum atomic E-state index is 6.26. The molecule has 0 bridgehead atoms. The standard InChI is InChI=1S/3C34H23NO.C34H25N/c1-3-14-26(15-4-1)35(27-16-5-2-6-17-27)31-23-25-13-8-7-12-24(25)22-30(31)28-19-11-21-33-34(28)29-18-9-10-20-32(29)36-33;1-3-13-27(14-4-1)35(28-15-5-2-6-16-28)32-23-25-12-8-7-11-24(25)21-30(32)26-19-20-34-31(22-26)29-17-9-10-18-33(29)36-34;1-3-13-27(14-4-1)35(28-15-5-2-6-16-28)32-22-25-12-8-7-11-24(25)21-31(32)26-19-20-30-29-17-9-10-18-33(29)36-34(30)23-26;1-4-14-26(15-5-1)31-22-12-13-23-32(31)33-24-27-16-10-11-17-28(27)25-34(33)35(29-18-6-2-7-19-29)30-20-8-3-9-21-30/h3*1-23H;1-25H. The van der Waals surface area contributed by atoms with Gasteiger partial charge in [-0.3, -0.25) is 0 Å². The lowest BCUT2D eigenvalue weighted by atomic mass is 9.91. The SMILES string of the molecule is c1ccc(-c2ccccc2-c2cc3ccccc3cc2N(c2ccccc2)c2ccccc2)cc1.c1ccc(N(c2ccccc2)c2cc3ccccc3cc2-c2ccc3c(c2)oc2ccccc23)cc1.c1ccc(N(c2ccccc2)c2cc3ccccc3cc2-c2ccc3oc4ccccc4c3c2)cc1.c1ccc(N(c2ccccc2)c2cc3ccccc3cc2-c2cccc3oc4ccccc4c23)cc1. The largest absolute Gasteiger partial charge is 0.456 e. The van der Waals surface area contributed by atoms with Crippen molar-refractivity contribution in [2.45, 2.75) is 0 Å². The van der Waals surface area contributed by atoms with Crippen LogP contribution in [0.15, 0.2) is 583 Å². The van der Waals surface area contributed by atoms with Crippen LogP contribution in [0, 0.1) is 0 Å². The van der Waals surface area contributed by atoms with Crippen molar-refractivity contribution in [3.8, 4) is 55.6 Å². The van der Waals surface area contributed by atoms with Crippen LogP contribution in [-0.4, -0.2) is 0 Å². The summed E-state index contributed by atoms with van der Waals surface area (Å²) in [6, 6.07) is 201. The second kappa shape index (κ2) is 39.2. The molecule has 0 radical (unpaired) electrons. The topological polar surface area (TPSA) is 52.4 Å². The third-order valence-electron chi connectivity index (χ3n) is 26.9. The Kier molecular flexibility index (Phi) is 23.8. The molecule has 0 saturated heterocycles. The van der Waals surface area contributed by atoms with Crippen molar-refractivity contribution in [1.29, 1.82) is 0 Å². The molecule has 7 nitrogen and oxygen atoms in total. The summed E-state index contributed by atoms with van der Waals surface area (Å²) in [5.41, 5.74) is 30.8. The number of anilines is 12. The fourth-order valence-electron chi connectivity index (χ4n) is 20.2. The first kappa shape index (κ1) is 86.7. The summed E-state index contributed by atoms with van der Waals surface area (Å²) in [5, 5.41) is 16.5. The van der Waals surface area contributed by atoms with Crippen LogP contribution in [0.5, 0.6) is 0 Å². The number of para-hydroxylation sites is 11. The second-order valence-electron chi connectivity index (χ2n) is 35.7. The van der Waals surface area contributed by atoms with Crippen molar-refractivity contribution in [3.05, 3.63) is 570 Å². The van der Waals surface area contributed by atoms with E-state index in [0.717, 1.165) is 156 Å². The molecule has 0 fully saturated rings. The maximum Gasteiger partial charge on any atom is 0.136 e. The van der Waals surface area contributed by atoms with E-state index in [2.05, 4.69) is 553 Å². The van der Waals surface area contributed by atoms with Crippen LogP contribution in [0.4, 0.5) is 68.2 Å². The summed E-state index contributed by atoms with van der Waals surface area (Å²) >= 11 is 0. The van der Waals surface area contributed by atoms with E-state index in [1.54, 1.807) is 0 Å². The summed E-state index contributed by atoms with van der Waals surface area (Å²) in [4.78, 5) is 9.40. The lowest BCUT2D eigenvalue weighted by molar-refractivity contribution is 0.668. The van der Waals surface area contributed by atoms with Gasteiger partial charge in [-0.2, -0.15) is 0 Å². The minimum absolute atomic E-state index is 0.902. The molecule has 7 heteroatoms. The van der Waals surface area contributed by atoms with E-state index in [9.17, 15) is 0 Å². The smallest absolute Gasteiger partial charge is 0.136 e. The molecule has 3 heterocycles. The summed E-state index contributed by atoms with van der Waals surface area (Å²) in [6.07, 6.45) is 0. The highest BCUT2D eigenvalue weighted by Crippen LogP contribution is 2.52. The summed E-state index contributed by atoms with van der Waals surface area (Å²) in [7, 11) is 0. The summed E-state index contributed by atoms with van der Waals surface area (Å²) in [5.74, 6) is 0. The maximum absolute atomic E-state index is 6.26. The van der Waals surface area contributed by atoms with Crippen LogP contribution in [0.25, 0.3) is 165 Å². The van der Waals surface area contributed by atoms with Crippen molar-refractivity contribution >= 4 is 177 Å². The molecule has 27 rings (SSSR count). The van der Waals surface area contributed by atoms with Gasteiger partial charge in [0.1, 0.15) is 33.5 Å². The van der Waals surface area contributed by atoms with Crippen molar-refractivity contribution in [3.63, 3.8) is 0 Å². The van der Waals surface area contributed by atoms with Gasteiger partial charge in [-0.25, -0.2) is 0 Å². The fraction of sp³-hybridized carbons (Fsp3) is 0. The van der Waals surface area contributed by atoms with E-state index < -0.39 is 0 Å². The molecule has 0 aliphatic carbocycles. The monoisotopic (exact) mass is 1830 g/mol. The van der Waals surface area contributed by atoms with Crippen LogP contribution < -0.4 is 19.6 Å². The number of nitrogens with zero attached hydrogens (tertiary/aromatic N) is 4. The molecule has 0 saturated carbocycles. The number of hydrogen-bond donors (Lipinski definition) is 0. The predicted octanol–water partition coefficient (Wildman–Crippen LogP) is 39.3. The van der Waals surface area contributed by atoms with E-state index >= 15 is 0 Å². The van der Waals surface area contributed by atoms with Crippen LogP contribution in [0.3, 0.4) is 0 Å². The second-order valence-corrected chi connectivity index (χ2v) is 35.7. The normalized spacial score (nSPS) is 11.2. The third kappa shape index (κ3) is 17.5. The average Bonchev–Trinajstić information content (AvgIpc) is 1.65. The van der Waals surface area contributed by atoms with Crippen molar-refractivity contribution < 1.29 is 13.3 Å². The van der Waals surface area contributed by atoms with Crippen LogP contribution in [0.2, 0.25) is 0 Å². The molecule has 3 aromatic heterocycles. The Bertz CT molecular complexity index is 9050. The number of fused-ring (bicyclic) bond motifs is 13. The molecule has 24 aromatic carbocycles. The Labute approximate surface area is 830 Å². The molecule has 0 atom stereocenters. The van der Waals surface area contributed by atoms with Crippen LogP contribution in [0.1, 0.15) is 0 Å². The first-order valence-electron chi connectivity index (χ1n) is 48.6. The Morgan fingerprint density at radius 1 is 0.119 bits per heavy atom. The van der Waals surface area contributed by atoms with Gasteiger partial charge in [-0.15, -0.1) is 0 Å².